The van der Waals surface area contributed by atoms with Crippen molar-refractivity contribution < 1.29 is 44.3 Å². The molecular formula is C30H17F9O. The number of alkyl halides is 2. The largest absolute Gasteiger partial charge is 0.429 e. The van der Waals surface area contributed by atoms with E-state index in [1.807, 2.05) is 6.92 Å². The monoisotopic (exact) mass is 564 g/mol. The van der Waals surface area contributed by atoms with Gasteiger partial charge >= 0.3 is 6.11 Å². The van der Waals surface area contributed by atoms with E-state index in [1.54, 1.807) is 24.3 Å². The van der Waals surface area contributed by atoms with Gasteiger partial charge < -0.3 is 4.74 Å². The molecule has 0 radical (unpaired) electrons. The summed E-state index contributed by atoms with van der Waals surface area (Å²) >= 11 is 0. The first kappa shape index (κ1) is 27.4. The zero-order chi connectivity index (χ0) is 28.9. The maximum atomic E-state index is 15.3. The van der Waals surface area contributed by atoms with Gasteiger partial charge in [0.15, 0.2) is 29.1 Å². The second kappa shape index (κ2) is 10.1. The molecule has 5 rings (SSSR count). The van der Waals surface area contributed by atoms with Crippen LogP contribution in [0.3, 0.4) is 0 Å². The summed E-state index contributed by atoms with van der Waals surface area (Å²) in [6.45, 7) is 1.98. The summed E-state index contributed by atoms with van der Waals surface area (Å²) in [5.74, 6) is -13.1. The second-order valence-corrected chi connectivity index (χ2v) is 9.13. The molecule has 0 unspecified atom stereocenters. The van der Waals surface area contributed by atoms with E-state index in [0.717, 1.165) is 30.5 Å². The summed E-state index contributed by atoms with van der Waals surface area (Å²) in [6, 6.07) is 10.5. The fourth-order valence-electron chi connectivity index (χ4n) is 4.58. The molecular weight excluding hydrogens is 547 g/mol. The molecule has 0 atom stereocenters. The van der Waals surface area contributed by atoms with Gasteiger partial charge in [-0.2, -0.15) is 8.78 Å². The molecule has 0 saturated heterocycles. The van der Waals surface area contributed by atoms with Crippen molar-refractivity contribution in [1.82, 2.24) is 0 Å². The Balaban J connectivity index is 1.55. The summed E-state index contributed by atoms with van der Waals surface area (Å²) in [5, 5.41) is -2.94. The molecule has 10 heteroatoms. The van der Waals surface area contributed by atoms with Crippen molar-refractivity contribution in [1.29, 1.82) is 0 Å². The van der Waals surface area contributed by atoms with E-state index in [-0.39, 0.29) is 17.0 Å². The highest BCUT2D eigenvalue weighted by atomic mass is 19.3. The highest BCUT2D eigenvalue weighted by molar-refractivity contribution is 5.90. The molecule has 1 nitrogen and oxygen atoms in total. The molecule has 0 aliphatic carbocycles. The average Bonchev–Trinajstić information content (AvgIpc) is 2.89. The van der Waals surface area contributed by atoms with Crippen LogP contribution in [0.4, 0.5) is 39.5 Å². The summed E-state index contributed by atoms with van der Waals surface area (Å²) in [4.78, 5) is 0. The van der Waals surface area contributed by atoms with E-state index in [2.05, 4.69) is 4.74 Å². The van der Waals surface area contributed by atoms with E-state index in [1.165, 1.54) is 0 Å². The van der Waals surface area contributed by atoms with Crippen molar-refractivity contribution in [3.63, 3.8) is 0 Å². The average molecular weight is 564 g/mol. The van der Waals surface area contributed by atoms with Crippen molar-refractivity contribution in [2.24, 2.45) is 0 Å². The maximum Gasteiger partial charge on any atom is 0.429 e. The van der Waals surface area contributed by atoms with Crippen LogP contribution in [-0.2, 0) is 12.5 Å². The number of halogens is 9. The molecule has 5 aromatic rings. The Labute approximate surface area is 221 Å². The summed E-state index contributed by atoms with van der Waals surface area (Å²) in [7, 11) is 0. The van der Waals surface area contributed by atoms with Crippen molar-refractivity contribution in [3.8, 4) is 16.9 Å². The van der Waals surface area contributed by atoms with Crippen LogP contribution in [0.1, 0.15) is 24.5 Å². The van der Waals surface area contributed by atoms with Gasteiger partial charge in [0, 0.05) is 11.6 Å². The van der Waals surface area contributed by atoms with Gasteiger partial charge in [-0.1, -0.05) is 43.7 Å². The molecule has 206 valence electrons. The molecule has 0 aliphatic heterocycles. The molecule has 0 bridgehead atoms. The Morgan fingerprint density at radius 1 is 0.625 bits per heavy atom. The van der Waals surface area contributed by atoms with Crippen LogP contribution in [0.5, 0.6) is 5.75 Å². The van der Waals surface area contributed by atoms with Crippen LogP contribution in [-0.4, -0.2) is 0 Å². The van der Waals surface area contributed by atoms with Crippen molar-refractivity contribution in [2.75, 3.05) is 0 Å². The van der Waals surface area contributed by atoms with Gasteiger partial charge in [-0.05, 0) is 52.6 Å². The normalized spacial score (nSPS) is 11.9. The number of rotatable bonds is 6. The quantitative estimate of drug-likeness (QED) is 0.147. The molecule has 0 spiro atoms. The Morgan fingerprint density at radius 3 is 1.98 bits per heavy atom. The molecule has 0 aliphatic rings. The highest BCUT2D eigenvalue weighted by Gasteiger charge is 2.39. The van der Waals surface area contributed by atoms with Crippen molar-refractivity contribution >= 4 is 21.5 Å². The predicted molar refractivity (Wildman–Crippen MR) is 132 cm³/mol. The summed E-state index contributed by atoms with van der Waals surface area (Å²) in [6.07, 6.45) is -2.93. The number of hydrogen-bond donors (Lipinski definition) is 0. The summed E-state index contributed by atoms with van der Waals surface area (Å²) in [5.41, 5.74) is -0.445. The van der Waals surface area contributed by atoms with Crippen molar-refractivity contribution in [2.45, 2.75) is 25.9 Å². The first-order chi connectivity index (χ1) is 18.9. The molecule has 5 aromatic carbocycles. The van der Waals surface area contributed by atoms with Crippen LogP contribution in [0.25, 0.3) is 32.7 Å². The van der Waals surface area contributed by atoms with Gasteiger partial charge in [0.25, 0.3) is 0 Å². The van der Waals surface area contributed by atoms with E-state index >= 15 is 22.0 Å². The third kappa shape index (κ3) is 4.61. The SMILES string of the molecule is CCCc1ccc(-c2cc3ccc(C(F)(F)Oc4cc(F)c5c(F)c(F)c(F)cc5c4)c(F)c3c(F)c2F)cc1. The van der Waals surface area contributed by atoms with Crippen LogP contribution < -0.4 is 4.74 Å². The van der Waals surface area contributed by atoms with Crippen LogP contribution in [0.2, 0.25) is 0 Å². The van der Waals surface area contributed by atoms with Crippen LogP contribution in [0, 0.1) is 40.7 Å². The lowest BCUT2D eigenvalue weighted by molar-refractivity contribution is -0.187. The minimum Gasteiger partial charge on any atom is -0.429 e. The topological polar surface area (TPSA) is 9.23 Å². The smallest absolute Gasteiger partial charge is 0.429 e. The van der Waals surface area contributed by atoms with Gasteiger partial charge in [-0.3, -0.25) is 0 Å². The maximum absolute atomic E-state index is 15.3. The van der Waals surface area contributed by atoms with Gasteiger partial charge in [0.2, 0.25) is 0 Å². The first-order valence-corrected chi connectivity index (χ1v) is 12.0. The molecule has 0 N–H and O–H groups in total. The third-order valence-corrected chi connectivity index (χ3v) is 6.48. The zero-order valence-electron chi connectivity index (χ0n) is 20.5. The molecule has 40 heavy (non-hydrogen) atoms. The number of fused-ring (bicyclic) bond motifs is 2. The second-order valence-electron chi connectivity index (χ2n) is 9.13. The fourth-order valence-corrected chi connectivity index (χ4v) is 4.58. The summed E-state index contributed by atoms with van der Waals surface area (Å²) < 4.78 is 135. The van der Waals surface area contributed by atoms with Crippen LogP contribution in [0.15, 0.2) is 60.7 Å². The van der Waals surface area contributed by atoms with E-state index in [4.69, 9.17) is 0 Å². The lowest BCUT2D eigenvalue weighted by Gasteiger charge is -2.20. The van der Waals surface area contributed by atoms with Gasteiger partial charge in [0.1, 0.15) is 22.9 Å². The Kier molecular flexibility index (Phi) is 6.89. The molecule has 0 fully saturated rings. The van der Waals surface area contributed by atoms with E-state index in [0.29, 0.717) is 23.8 Å². The molecule has 0 heterocycles. The minimum absolute atomic E-state index is 0.203. The fraction of sp³-hybridized carbons (Fsp3) is 0.133. The highest BCUT2D eigenvalue weighted by Crippen LogP contribution is 2.40. The van der Waals surface area contributed by atoms with Gasteiger partial charge in [-0.25, -0.2) is 30.7 Å². The Hall–Kier alpha value is -4.21. The molecule has 0 saturated carbocycles. The van der Waals surface area contributed by atoms with Crippen molar-refractivity contribution in [3.05, 3.63) is 113 Å². The number of hydrogen-bond acceptors (Lipinski definition) is 1. The Morgan fingerprint density at radius 2 is 1.30 bits per heavy atom. The number of aryl methyl sites for hydroxylation is 1. The number of ether oxygens (including phenoxy) is 1. The lowest BCUT2D eigenvalue weighted by atomic mass is 9.96. The number of benzene rings is 5. The minimum atomic E-state index is -4.58. The zero-order valence-corrected chi connectivity index (χ0v) is 20.5. The van der Waals surface area contributed by atoms with E-state index < -0.39 is 74.3 Å². The molecule has 0 amide bonds. The Bertz CT molecular complexity index is 1780. The standard InChI is InChI=1S/C30H17F9O/c1-2-3-14-4-6-15(7-5-14)19-11-16-8-9-20(26(34)24(16)29(37)25(19)33)30(38,39)40-18-10-17-12-22(32)27(35)28(36)23(17)21(31)13-18/h4-13H,2-3H2,1H3. The van der Waals surface area contributed by atoms with E-state index in [9.17, 15) is 17.6 Å². The lowest BCUT2D eigenvalue weighted by Crippen LogP contribution is -2.24. The first-order valence-electron chi connectivity index (χ1n) is 12.0. The van der Waals surface area contributed by atoms with Gasteiger partial charge in [-0.15, -0.1) is 0 Å². The predicted octanol–water partition coefficient (Wildman–Crippen LogP) is 9.71. The van der Waals surface area contributed by atoms with Gasteiger partial charge in [0.05, 0.1) is 10.8 Å². The molecule has 0 aromatic heterocycles. The van der Waals surface area contributed by atoms with Crippen LogP contribution >= 0.6 is 0 Å². The third-order valence-electron chi connectivity index (χ3n) is 6.48.